The Bertz CT molecular complexity index is 836. The topological polar surface area (TPSA) is 66.9 Å². The Morgan fingerprint density at radius 2 is 2.20 bits per heavy atom. The maximum absolute atomic E-state index is 13.7. The van der Waals surface area contributed by atoms with Gasteiger partial charge < -0.3 is 0 Å². The molecule has 3 rings (SSSR count). The van der Waals surface area contributed by atoms with Gasteiger partial charge >= 0.3 is 0 Å². The third-order valence-corrected chi connectivity index (χ3v) is 3.36. The number of halogens is 1. The molecule has 0 saturated heterocycles. The molecular weight excluding hydrogens is 277 g/mol. The SMILES string of the molecule is CSc1ncc(C#N)c(-c2cnc3c(F)cccn23)n1. The summed E-state index contributed by atoms with van der Waals surface area (Å²) in [5.74, 6) is -0.420. The van der Waals surface area contributed by atoms with E-state index in [4.69, 9.17) is 5.26 Å². The van der Waals surface area contributed by atoms with Gasteiger partial charge in [0.05, 0.1) is 17.5 Å². The molecule has 0 radical (unpaired) electrons. The molecule has 0 atom stereocenters. The first-order chi connectivity index (χ1) is 9.74. The minimum Gasteiger partial charge on any atom is -0.296 e. The van der Waals surface area contributed by atoms with Crippen LogP contribution in [0.3, 0.4) is 0 Å². The fourth-order valence-electron chi connectivity index (χ4n) is 1.89. The predicted octanol–water partition coefficient (Wildman–Crippen LogP) is 2.52. The van der Waals surface area contributed by atoms with Crippen LogP contribution in [0.5, 0.6) is 0 Å². The van der Waals surface area contributed by atoms with E-state index in [-0.39, 0.29) is 5.65 Å². The summed E-state index contributed by atoms with van der Waals surface area (Å²) < 4.78 is 15.2. The van der Waals surface area contributed by atoms with Crippen LogP contribution < -0.4 is 0 Å². The average Bonchev–Trinajstić information content (AvgIpc) is 2.92. The van der Waals surface area contributed by atoms with Crippen molar-refractivity contribution in [3.63, 3.8) is 0 Å². The van der Waals surface area contributed by atoms with Gasteiger partial charge in [-0.05, 0) is 18.4 Å². The largest absolute Gasteiger partial charge is 0.296 e. The third kappa shape index (κ3) is 1.90. The maximum atomic E-state index is 13.7. The molecule has 0 aliphatic heterocycles. The first-order valence-corrected chi connectivity index (χ1v) is 6.90. The highest BCUT2D eigenvalue weighted by molar-refractivity contribution is 7.98. The van der Waals surface area contributed by atoms with Crippen LogP contribution >= 0.6 is 11.8 Å². The van der Waals surface area contributed by atoms with Crippen LogP contribution in [0.15, 0.2) is 35.9 Å². The Morgan fingerprint density at radius 1 is 1.35 bits per heavy atom. The Morgan fingerprint density at radius 3 is 2.95 bits per heavy atom. The van der Waals surface area contributed by atoms with Crippen LogP contribution in [0.1, 0.15) is 5.56 Å². The second-order valence-electron chi connectivity index (χ2n) is 3.92. The van der Waals surface area contributed by atoms with E-state index in [0.717, 1.165) is 0 Å². The first kappa shape index (κ1) is 12.6. The predicted molar refractivity (Wildman–Crippen MR) is 72.7 cm³/mol. The molecule has 0 aliphatic rings. The molecule has 0 bridgehead atoms. The van der Waals surface area contributed by atoms with Crippen molar-refractivity contribution in [2.75, 3.05) is 6.26 Å². The summed E-state index contributed by atoms with van der Waals surface area (Å²) >= 11 is 1.37. The highest BCUT2D eigenvalue weighted by Crippen LogP contribution is 2.24. The molecule has 0 fully saturated rings. The highest BCUT2D eigenvalue weighted by Gasteiger charge is 2.15. The van der Waals surface area contributed by atoms with Crippen molar-refractivity contribution in [3.8, 4) is 17.5 Å². The van der Waals surface area contributed by atoms with E-state index in [1.54, 1.807) is 16.7 Å². The summed E-state index contributed by atoms with van der Waals surface area (Å²) in [6.45, 7) is 0. The summed E-state index contributed by atoms with van der Waals surface area (Å²) in [7, 11) is 0. The van der Waals surface area contributed by atoms with Gasteiger partial charge in [0.2, 0.25) is 0 Å². The summed E-state index contributed by atoms with van der Waals surface area (Å²) in [4.78, 5) is 12.4. The summed E-state index contributed by atoms with van der Waals surface area (Å²) in [6, 6.07) is 4.96. The fourth-order valence-corrected chi connectivity index (χ4v) is 2.23. The molecule has 0 unspecified atom stereocenters. The summed E-state index contributed by atoms with van der Waals surface area (Å²) in [6.07, 6.45) is 6.50. The lowest BCUT2D eigenvalue weighted by atomic mass is 10.2. The highest BCUT2D eigenvalue weighted by atomic mass is 32.2. The molecule has 3 aromatic rings. The lowest BCUT2D eigenvalue weighted by molar-refractivity contribution is 0.630. The number of nitrogens with zero attached hydrogens (tertiary/aromatic N) is 5. The Balaban J connectivity index is 2.31. The van der Waals surface area contributed by atoms with Crippen LogP contribution in [0, 0.1) is 17.1 Å². The van der Waals surface area contributed by atoms with Crippen LogP contribution in [0.4, 0.5) is 4.39 Å². The number of fused-ring (bicyclic) bond motifs is 1. The van der Waals surface area contributed by atoms with E-state index >= 15 is 0 Å². The van der Waals surface area contributed by atoms with Gasteiger partial charge in [-0.3, -0.25) is 4.40 Å². The van der Waals surface area contributed by atoms with E-state index in [2.05, 4.69) is 15.0 Å². The standard InChI is InChI=1S/C13H8FN5S/c1-20-13-17-6-8(5-15)11(18-13)10-7-16-12-9(14)3-2-4-19(10)12/h2-4,6-7H,1H3. The van der Waals surface area contributed by atoms with Crippen molar-refractivity contribution in [3.05, 3.63) is 42.1 Å². The van der Waals surface area contributed by atoms with Crippen molar-refractivity contribution in [2.45, 2.75) is 5.16 Å². The van der Waals surface area contributed by atoms with E-state index in [9.17, 15) is 4.39 Å². The fraction of sp³-hybridized carbons (Fsp3) is 0.0769. The molecule has 0 saturated carbocycles. The number of pyridine rings is 1. The number of hydrogen-bond acceptors (Lipinski definition) is 5. The molecule has 0 N–H and O–H groups in total. The van der Waals surface area contributed by atoms with Gasteiger partial charge in [-0.2, -0.15) is 5.26 Å². The van der Waals surface area contributed by atoms with Gasteiger partial charge in [-0.15, -0.1) is 0 Å². The Kier molecular flexibility index (Phi) is 3.08. The number of rotatable bonds is 2. The maximum Gasteiger partial charge on any atom is 0.187 e. The number of nitriles is 1. The van der Waals surface area contributed by atoms with Crippen molar-refractivity contribution >= 4 is 17.4 Å². The normalized spacial score (nSPS) is 10.7. The van der Waals surface area contributed by atoms with Gasteiger partial charge in [0, 0.05) is 12.4 Å². The number of thioether (sulfide) groups is 1. The van der Waals surface area contributed by atoms with Crippen molar-refractivity contribution in [1.29, 1.82) is 5.26 Å². The van der Waals surface area contributed by atoms with E-state index in [0.29, 0.717) is 22.1 Å². The van der Waals surface area contributed by atoms with Crippen molar-refractivity contribution in [2.24, 2.45) is 0 Å². The van der Waals surface area contributed by atoms with Crippen LogP contribution in [0.25, 0.3) is 17.0 Å². The summed E-state index contributed by atoms with van der Waals surface area (Å²) in [5.41, 5.74) is 1.54. The molecule has 0 aliphatic carbocycles. The molecule has 5 nitrogen and oxygen atoms in total. The lowest BCUT2D eigenvalue weighted by Crippen LogP contribution is -1.97. The monoisotopic (exact) mass is 285 g/mol. The van der Waals surface area contributed by atoms with Gasteiger partial charge in [0.1, 0.15) is 11.8 Å². The zero-order valence-corrected chi connectivity index (χ0v) is 11.2. The Labute approximate surface area is 118 Å². The first-order valence-electron chi connectivity index (χ1n) is 5.67. The van der Waals surface area contributed by atoms with Crippen LogP contribution in [-0.4, -0.2) is 25.6 Å². The van der Waals surface area contributed by atoms with Crippen molar-refractivity contribution < 1.29 is 4.39 Å². The number of aromatic nitrogens is 4. The van der Waals surface area contributed by atoms with E-state index < -0.39 is 5.82 Å². The minimum absolute atomic E-state index is 0.204. The molecule has 3 heterocycles. The minimum atomic E-state index is -0.420. The quantitative estimate of drug-likeness (QED) is 0.534. The number of imidazole rings is 1. The molecule has 0 spiro atoms. The van der Waals surface area contributed by atoms with Crippen LogP contribution in [-0.2, 0) is 0 Å². The molecule has 20 heavy (non-hydrogen) atoms. The molecular formula is C13H8FN5S. The molecule has 0 amide bonds. The van der Waals surface area contributed by atoms with Crippen molar-refractivity contribution in [1.82, 2.24) is 19.4 Å². The van der Waals surface area contributed by atoms with E-state index in [1.807, 2.05) is 12.3 Å². The van der Waals surface area contributed by atoms with Gasteiger partial charge in [-0.25, -0.2) is 19.3 Å². The van der Waals surface area contributed by atoms with Gasteiger partial charge in [0.15, 0.2) is 16.6 Å². The second kappa shape index (κ2) is 4.90. The number of hydrogen-bond donors (Lipinski definition) is 0. The molecule has 0 aromatic carbocycles. The van der Waals surface area contributed by atoms with E-state index in [1.165, 1.54) is 30.2 Å². The van der Waals surface area contributed by atoms with Gasteiger partial charge in [0.25, 0.3) is 0 Å². The second-order valence-corrected chi connectivity index (χ2v) is 4.70. The molecule has 3 aromatic heterocycles. The zero-order valence-electron chi connectivity index (χ0n) is 10.4. The zero-order chi connectivity index (χ0) is 14.1. The smallest absolute Gasteiger partial charge is 0.187 e. The third-order valence-electron chi connectivity index (χ3n) is 2.80. The Hall–Kier alpha value is -2.46. The lowest BCUT2D eigenvalue weighted by Gasteiger charge is -2.04. The van der Waals surface area contributed by atoms with Gasteiger partial charge in [-0.1, -0.05) is 11.8 Å². The van der Waals surface area contributed by atoms with Crippen LogP contribution in [0.2, 0.25) is 0 Å². The molecule has 98 valence electrons. The molecule has 7 heteroatoms. The summed E-state index contributed by atoms with van der Waals surface area (Å²) in [5, 5.41) is 9.71. The average molecular weight is 285 g/mol.